The van der Waals surface area contributed by atoms with Gasteiger partial charge in [-0.15, -0.1) is 0 Å². The van der Waals surface area contributed by atoms with E-state index in [4.69, 9.17) is 5.11 Å². The van der Waals surface area contributed by atoms with Gasteiger partial charge in [0.15, 0.2) is 0 Å². The van der Waals surface area contributed by atoms with Crippen molar-refractivity contribution in [2.24, 2.45) is 7.05 Å². The largest absolute Gasteiger partial charge is 0.396 e. The zero-order valence-corrected chi connectivity index (χ0v) is 12.2. The van der Waals surface area contributed by atoms with Crippen molar-refractivity contribution in [3.63, 3.8) is 0 Å². The third-order valence-electron chi connectivity index (χ3n) is 3.70. The molecule has 0 saturated heterocycles. The van der Waals surface area contributed by atoms with Gasteiger partial charge in [-0.05, 0) is 31.9 Å². The predicted molar refractivity (Wildman–Crippen MR) is 77.5 cm³/mol. The van der Waals surface area contributed by atoms with E-state index in [1.54, 1.807) is 0 Å². The minimum Gasteiger partial charge on any atom is -0.396 e. The molecule has 0 aliphatic rings. The zero-order valence-electron chi connectivity index (χ0n) is 12.2. The van der Waals surface area contributed by atoms with Crippen LogP contribution in [0.2, 0.25) is 0 Å². The van der Waals surface area contributed by atoms with Crippen LogP contribution in [0.25, 0.3) is 0 Å². The van der Waals surface area contributed by atoms with Crippen molar-refractivity contribution in [1.82, 2.24) is 9.55 Å². The van der Waals surface area contributed by atoms with Crippen LogP contribution in [-0.4, -0.2) is 21.3 Å². The monoisotopic (exact) mass is 258 g/mol. The molecule has 0 amide bonds. The van der Waals surface area contributed by atoms with Gasteiger partial charge in [0.05, 0.1) is 12.3 Å². The molecule has 1 N–H and O–H groups in total. The molecule has 0 aliphatic carbocycles. The fourth-order valence-corrected chi connectivity index (χ4v) is 2.47. The van der Waals surface area contributed by atoms with Gasteiger partial charge in [0.25, 0.3) is 0 Å². The van der Waals surface area contributed by atoms with Gasteiger partial charge >= 0.3 is 0 Å². The molecule has 0 atom stereocenters. The van der Waals surface area contributed by atoms with E-state index >= 15 is 0 Å². The standard InChI is InChI=1S/C16H22N2O/c1-11-5-6-12(2)14(9-11)10-15-13(3)17-16(7-8-19)18(15)4/h5-6,9,19H,7-8,10H2,1-4H3. The Labute approximate surface area is 114 Å². The lowest BCUT2D eigenvalue weighted by Gasteiger charge is -2.10. The summed E-state index contributed by atoms with van der Waals surface area (Å²) in [7, 11) is 2.03. The van der Waals surface area contributed by atoms with Gasteiger partial charge in [0, 0.05) is 25.6 Å². The van der Waals surface area contributed by atoms with Gasteiger partial charge in [-0.25, -0.2) is 4.98 Å². The Kier molecular flexibility index (Phi) is 4.05. The van der Waals surface area contributed by atoms with Crippen LogP contribution in [0, 0.1) is 20.8 Å². The quantitative estimate of drug-likeness (QED) is 0.915. The lowest BCUT2D eigenvalue weighted by molar-refractivity contribution is 0.295. The molecule has 19 heavy (non-hydrogen) atoms. The average Bonchev–Trinajstić information content (AvgIpc) is 2.62. The van der Waals surface area contributed by atoms with E-state index in [0.717, 1.165) is 17.9 Å². The number of benzene rings is 1. The smallest absolute Gasteiger partial charge is 0.111 e. The number of aromatic nitrogens is 2. The summed E-state index contributed by atoms with van der Waals surface area (Å²) >= 11 is 0. The summed E-state index contributed by atoms with van der Waals surface area (Å²) in [6.07, 6.45) is 1.51. The van der Waals surface area contributed by atoms with E-state index in [1.807, 2.05) is 14.0 Å². The van der Waals surface area contributed by atoms with Crippen LogP contribution in [0.15, 0.2) is 18.2 Å². The van der Waals surface area contributed by atoms with Crippen molar-refractivity contribution < 1.29 is 5.11 Å². The number of nitrogens with zero attached hydrogens (tertiary/aromatic N) is 2. The lowest BCUT2D eigenvalue weighted by atomic mass is 10.0. The molecule has 1 aromatic carbocycles. The molecule has 0 radical (unpaired) electrons. The maximum Gasteiger partial charge on any atom is 0.111 e. The molecule has 0 bridgehead atoms. The molecule has 2 aromatic rings. The minimum atomic E-state index is 0.146. The summed E-state index contributed by atoms with van der Waals surface area (Å²) in [5.74, 6) is 0.959. The van der Waals surface area contributed by atoms with Crippen molar-refractivity contribution in [2.45, 2.75) is 33.6 Å². The van der Waals surface area contributed by atoms with Gasteiger partial charge in [0.2, 0.25) is 0 Å². The Morgan fingerprint density at radius 1 is 1.21 bits per heavy atom. The van der Waals surface area contributed by atoms with Crippen LogP contribution in [0.3, 0.4) is 0 Å². The molecule has 0 unspecified atom stereocenters. The summed E-state index contributed by atoms with van der Waals surface area (Å²) in [6.45, 7) is 6.46. The summed E-state index contributed by atoms with van der Waals surface area (Å²) in [6, 6.07) is 6.56. The van der Waals surface area contributed by atoms with Crippen LogP contribution in [0.5, 0.6) is 0 Å². The lowest BCUT2D eigenvalue weighted by Crippen LogP contribution is -2.05. The Bertz CT molecular complexity index is 585. The third kappa shape index (κ3) is 2.87. The first-order valence-corrected chi connectivity index (χ1v) is 6.71. The maximum atomic E-state index is 9.06. The SMILES string of the molecule is Cc1ccc(C)c(Cc2c(C)nc(CCO)n2C)c1. The van der Waals surface area contributed by atoms with Crippen LogP contribution in [0.1, 0.15) is 33.9 Å². The summed E-state index contributed by atoms with van der Waals surface area (Å²) in [4.78, 5) is 4.55. The second kappa shape index (κ2) is 5.57. The van der Waals surface area contributed by atoms with E-state index in [-0.39, 0.29) is 6.61 Å². The van der Waals surface area contributed by atoms with Gasteiger partial charge in [-0.3, -0.25) is 0 Å². The van der Waals surface area contributed by atoms with Crippen molar-refractivity contribution in [2.75, 3.05) is 6.61 Å². The molecule has 0 saturated carbocycles. The van der Waals surface area contributed by atoms with Crippen LogP contribution >= 0.6 is 0 Å². The summed E-state index contributed by atoms with van der Waals surface area (Å²) < 4.78 is 2.12. The number of hydrogen-bond donors (Lipinski definition) is 1. The van der Waals surface area contributed by atoms with Crippen LogP contribution < -0.4 is 0 Å². The molecule has 1 aromatic heterocycles. The Morgan fingerprint density at radius 3 is 2.63 bits per heavy atom. The second-order valence-corrected chi connectivity index (χ2v) is 5.20. The molecular weight excluding hydrogens is 236 g/mol. The Morgan fingerprint density at radius 2 is 1.95 bits per heavy atom. The van der Waals surface area contributed by atoms with Crippen molar-refractivity contribution in [1.29, 1.82) is 0 Å². The predicted octanol–water partition coefficient (Wildman–Crippen LogP) is 2.47. The number of aliphatic hydroxyl groups is 1. The highest BCUT2D eigenvalue weighted by Gasteiger charge is 2.12. The highest BCUT2D eigenvalue weighted by atomic mass is 16.3. The second-order valence-electron chi connectivity index (χ2n) is 5.20. The number of aryl methyl sites for hydroxylation is 3. The molecule has 3 heteroatoms. The fraction of sp³-hybridized carbons (Fsp3) is 0.438. The van der Waals surface area contributed by atoms with Gasteiger partial charge in [-0.2, -0.15) is 0 Å². The molecule has 3 nitrogen and oxygen atoms in total. The maximum absolute atomic E-state index is 9.06. The average molecular weight is 258 g/mol. The zero-order chi connectivity index (χ0) is 14.0. The molecular formula is C16H22N2O. The fourth-order valence-electron chi connectivity index (χ4n) is 2.47. The summed E-state index contributed by atoms with van der Waals surface area (Å²) in [5, 5.41) is 9.06. The highest BCUT2D eigenvalue weighted by Crippen LogP contribution is 2.19. The van der Waals surface area contributed by atoms with E-state index in [2.05, 4.69) is 41.6 Å². The van der Waals surface area contributed by atoms with E-state index in [9.17, 15) is 0 Å². The van der Waals surface area contributed by atoms with Gasteiger partial charge < -0.3 is 9.67 Å². The molecule has 1 heterocycles. The van der Waals surface area contributed by atoms with Crippen LogP contribution in [-0.2, 0) is 19.9 Å². The first-order chi connectivity index (χ1) is 9.02. The van der Waals surface area contributed by atoms with Crippen molar-refractivity contribution in [3.8, 4) is 0 Å². The third-order valence-corrected chi connectivity index (χ3v) is 3.70. The number of rotatable bonds is 4. The van der Waals surface area contributed by atoms with Crippen LogP contribution in [0.4, 0.5) is 0 Å². The molecule has 0 fully saturated rings. The Balaban J connectivity index is 2.35. The first-order valence-electron chi connectivity index (χ1n) is 6.71. The van der Waals surface area contributed by atoms with E-state index in [1.165, 1.54) is 22.4 Å². The van der Waals surface area contributed by atoms with Crippen molar-refractivity contribution >= 4 is 0 Å². The highest BCUT2D eigenvalue weighted by molar-refractivity contribution is 5.35. The topological polar surface area (TPSA) is 38.1 Å². The summed E-state index contributed by atoms with van der Waals surface area (Å²) in [5.41, 5.74) is 6.25. The molecule has 102 valence electrons. The van der Waals surface area contributed by atoms with Gasteiger partial charge in [-0.1, -0.05) is 23.8 Å². The van der Waals surface area contributed by atoms with E-state index in [0.29, 0.717) is 6.42 Å². The number of hydrogen-bond acceptors (Lipinski definition) is 2. The molecule has 0 aliphatic heterocycles. The molecule has 0 spiro atoms. The number of imidazole rings is 1. The Hall–Kier alpha value is -1.61. The van der Waals surface area contributed by atoms with Gasteiger partial charge in [0.1, 0.15) is 5.82 Å². The normalized spacial score (nSPS) is 11.0. The van der Waals surface area contributed by atoms with Crippen molar-refractivity contribution in [3.05, 3.63) is 52.1 Å². The minimum absolute atomic E-state index is 0.146. The first kappa shape index (κ1) is 13.8. The van der Waals surface area contributed by atoms with E-state index < -0.39 is 0 Å². The number of aliphatic hydroxyl groups excluding tert-OH is 1. The molecule has 2 rings (SSSR count).